The van der Waals surface area contributed by atoms with Crippen molar-refractivity contribution in [2.45, 2.75) is 13.3 Å². The first-order chi connectivity index (χ1) is 8.50. The molecule has 0 bridgehead atoms. The highest BCUT2D eigenvalue weighted by molar-refractivity contribution is 7.80. The van der Waals surface area contributed by atoms with Crippen molar-refractivity contribution in [1.82, 2.24) is 5.43 Å². The molecule has 0 aliphatic carbocycles. The van der Waals surface area contributed by atoms with Crippen LogP contribution in [0, 0.1) is 5.92 Å². The highest BCUT2D eigenvalue weighted by Crippen LogP contribution is 2.10. The molecule has 5 N–H and O–H groups in total. The van der Waals surface area contributed by atoms with Gasteiger partial charge in [-0.25, -0.2) is 0 Å². The molecule has 0 aromatic heterocycles. The van der Waals surface area contributed by atoms with Gasteiger partial charge >= 0.3 is 0 Å². The Kier molecular flexibility index (Phi) is 5.26. The highest BCUT2D eigenvalue weighted by Gasteiger charge is 2.14. The normalized spacial score (nSPS) is 12.8. The Balaban J connectivity index is 2.92. The van der Waals surface area contributed by atoms with Crippen molar-refractivity contribution >= 4 is 28.9 Å². The minimum atomic E-state index is -0.367. The molecule has 0 radical (unpaired) electrons. The third kappa shape index (κ3) is 4.50. The topological polar surface area (TPSA) is 93.5 Å². The van der Waals surface area contributed by atoms with E-state index in [9.17, 15) is 4.79 Å². The smallest absolute Gasteiger partial charge is 0.220 e. The molecule has 18 heavy (non-hydrogen) atoms. The van der Waals surface area contributed by atoms with Crippen molar-refractivity contribution in [3.63, 3.8) is 0 Å². The molecule has 0 heterocycles. The Bertz CT molecular complexity index is 458. The highest BCUT2D eigenvalue weighted by atomic mass is 32.1. The third-order valence-electron chi connectivity index (χ3n) is 2.39. The molecule has 1 rings (SSSR count). The molecule has 1 aromatic rings. The molecule has 96 valence electrons. The number of nitrogens with two attached hydrogens (primary N) is 2. The molecule has 0 saturated heterocycles. The summed E-state index contributed by atoms with van der Waals surface area (Å²) in [6.45, 7) is 1.75. The van der Waals surface area contributed by atoms with E-state index >= 15 is 0 Å². The zero-order chi connectivity index (χ0) is 13.5. The zero-order valence-electron chi connectivity index (χ0n) is 10.1. The van der Waals surface area contributed by atoms with E-state index in [2.05, 4.69) is 10.5 Å². The molecular formula is C12H16N4OS. The van der Waals surface area contributed by atoms with Crippen molar-refractivity contribution in [1.29, 1.82) is 0 Å². The van der Waals surface area contributed by atoms with E-state index in [-0.39, 0.29) is 16.9 Å². The van der Waals surface area contributed by atoms with E-state index in [0.717, 1.165) is 5.56 Å². The van der Waals surface area contributed by atoms with Crippen LogP contribution in [0.2, 0.25) is 0 Å². The average molecular weight is 264 g/mol. The van der Waals surface area contributed by atoms with E-state index in [1.54, 1.807) is 6.92 Å². The molecule has 1 aromatic carbocycles. The van der Waals surface area contributed by atoms with Crippen LogP contribution < -0.4 is 16.9 Å². The number of primary amides is 1. The second-order valence-electron chi connectivity index (χ2n) is 3.91. The number of amides is 1. The fraction of sp³-hybridized carbons (Fsp3) is 0.250. The predicted octanol–water partition coefficient (Wildman–Crippen LogP) is 0.735. The van der Waals surface area contributed by atoms with Crippen LogP contribution in [0.25, 0.3) is 0 Å². The number of hydrogen-bond acceptors (Lipinski definition) is 3. The maximum atomic E-state index is 11.1. The van der Waals surface area contributed by atoms with Crippen molar-refractivity contribution in [2.24, 2.45) is 22.5 Å². The number of benzene rings is 1. The predicted molar refractivity (Wildman–Crippen MR) is 75.9 cm³/mol. The second-order valence-corrected chi connectivity index (χ2v) is 4.35. The fourth-order valence-electron chi connectivity index (χ4n) is 1.37. The number of nitrogens with one attached hydrogen (secondary N) is 1. The summed E-state index contributed by atoms with van der Waals surface area (Å²) in [7, 11) is 0. The summed E-state index contributed by atoms with van der Waals surface area (Å²) in [6.07, 6.45) is 0.426. The third-order valence-corrected chi connectivity index (χ3v) is 2.48. The van der Waals surface area contributed by atoms with Crippen molar-refractivity contribution in [2.75, 3.05) is 0 Å². The summed E-state index contributed by atoms with van der Waals surface area (Å²) in [6, 6.07) is 9.47. The van der Waals surface area contributed by atoms with Gasteiger partial charge in [0.25, 0.3) is 0 Å². The van der Waals surface area contributed by atoms with E-state index in [0.29, 0.717) is 12.1 Å². The van der Waals surface area contributed by atoms with Gasteiger partial charge in [-0.15, -0.1) is 0 Å². The molecule has 6 heteroatoms. The lowest BCUT2D eigenvalue weighted by Gasteiger charge is -2.11. The van der Waals surface area contributed by atoms with Crippen LogP contribution in [0.4, 0.5) is 0 Å². The first-order valence-corrected chi connectivity index (χ1v) is 5.88. The maximum Gasteiger partial charge on any atom is 0.220 e. The summed E-state index contributed by atoms with van der Waals surface area (Å²) >= 11 is 4.70. The lowest BCUT2D eigenvalue weighted by molar-refractivity contribution is -0.121. The van der Waals surface area contributed by atoms with Gasteiger partial charge in [0, 0.05) is 12.3 Å². The monoisotopic (exact) mass is 264 g/mol. The zero-order valence-corrected chi connectivity index (χ0v) is 10.9. The number of carbonyl (C=O) groups excluding carboxylic acids is 1. The van der Waals surface area contributed by atoms with E-state index in [1.165, 1.54) is 0 Å². The Morgan fingerprint density at radius 3 is 2.50 bits per heavy atom. The summed E-state index contributed by atoms with van der Waals surface area (Å²) < 4.78 is 0. The summed E-state index contributed by atoms with van der Waals surface area (Å²) in [5.41, 5.74) is 14.7. The standard InChI is InChI=1S/C12H16N4OS/c1-8(11(13)17)7-10(15-16-12(14)18)9-5-3-2-4-6-9/h2-6,8H,7H2,1H3,(H2,13,17)(H3,14,16,18). The number of thiocarbonyl (C=S) groups is 1. The van der Waals surface area contributed by atoms with Crippen LogP contribution in [0.15, 0.2) is 35.4 Å². The molecule has 1 atom stereocenters. The van der Waals surface area contributed by atoms with Crippen molar-refractivity contribution in [3.8, 4) is 0 Å². The summed E-state index contributed by atoms with van der Waals surface area (Å²) in [4.78, 5) is 11.1. The largest absolute Gasteiger partial charge is 0.375 e. The quantitative estimate of drug-likeness (QED) is 0.415. The van der Waals surface area contributed by atoms with Crippen LogP contribution in [-0.2, 0) is 4.79 Å². The van der Waals surface area contributed by atoms with E-state index < -0.39 is 0 Å². The molecular weight excluding hydrogens is 248 g/mol. The molecule has 0 saturated carbocycles. The lowest BCUT2D eigenvalue weighted by Crippen LogP contribution is -2.28. The summed E-state index contributed by atoms with van der Waals surface area (Å²) in [5.74, 6) is -0.675. The number of rotatable bonds is 5. The molecule has 0 fully saturated rings. The van der Waals surface area contributed by atoms with Gasteiger partial charge in [0.15, 0.2) is 5.11 Å². The average Bonchev–Trinajstić information content (AvgIpc) is 2.34. The van der Waals surface area contributed by atoms with Crippen LogP contribution in [-0.4, -0.2) is 16.7 Å². The van der Waals surface area contributed by atoms with Gasteiger partial charge in [0.2, 0.25) is 5.91 Å². The molecule has 1 unspecified atom stereocenters. The number of nitrogens with zero attached hydrogens (tertiary/aromatic N) is 1. The first kappa shape index (κ1) is 14.1. The van der Waals surface area contributed by atoms with Crippen LogP contribution >= 0.6 is 12.2 Å². The van der Waals surface area contributed by atoms with Gasteiger partial charge in [-0.2, -0.15) is 5.10 Å². The van der Waals surface area contributed by atoms with Gasteiger partial charge in [0.05, 0.1) is 5.71 Å². The number of carbonyl (C=O) groups is 1. The van der Waals surface area contributed by atoms with Gasteiger partial charge in [-0.3, -0.25) is 10.2 Å². The van der Waals surface area contributed by atoms with Crippen LogP contribution in [0.1, 0.15) is 18.9 Å². The SMILES string of the molecule is CC(CC(=NNC(N)=S)c1ccccc1)C(N)=O. The second kappa shape index (κ2) is 6.70. The first-order valence-electron chi connectivity index (χ1n) is 5.47. The Labute approximate surface area is 111 Å². The lowest BCUT2D eigenvalue weighted by atomic mass is 9.98. The molecule has 0 aliphatic heterocycles. The van der Waals surface area contributed by atoms with Crippen LogP contribution in [0.5, 0.6) is 0 Å². The maximum absolute atomic E-state index is 11.1. The molecule has 5 nitrogen and oxygen atoms in total. The summed E-state index contributed by atoms with van der Waals surface area (Å²) in [5, 5.41) is 4.19. The van der Waals surface area contributed by atoms with Gasteiger partial charge < -0.3 is 11.5 Å². The number of hydrazone groups is 1. The van der Waals surface area contributed by atoms with E-state index in [1.807, 2.05) is 30.3 Å². The molecule has 0 spiro atoms. The minimum Gasteiger partial charge on any atom is -0.375 e. The van der Waals surface area contributed by atoms with Gasteiger partial charge in [0.1, 0.15) is 0 Å². The Morgan fingerprint density at radius 2 is 2.00 bits per heavy atom. The minimum absolute atomic E-state index is 0.0789. The van der Waals surface area contributed by atoms with Crippen molar-refractivity contribution < 1.29 is 4.79 Å². The van der Waals surface area contributed by atoms with Gasteiger partial charge in [-0.05, 0) is 17.8 Å². The molecule has 1 amide bonds. The number of hydrogen-bond donors (Lipinski definition) is 3. The van der Waals surface area contributed by atoms with Crippen LogP contribution in [0.3, 0.4) is 0 Å². The Morgan fingerprint density at radius 1 is 1.39 bits per heavy atom. The Hall–Kier alpha value is -1.95. The molecule has 0 aliphatic rings. The van der Waals surface area contributed by atoms with Gasteiger partial charge in [-0.1, -0.05) is 37.3 Å². The fourth-order valence-corrected chi connectivity index (χ4v) is 1.42. The van der Waals surface area contributed by atoms with E-state index in [4.69, 9.17) is 23.7 Å². The van der Waals surface area contributed by atoms with Crippen molar-refractivity contribution in [3.05, 3.63) is 35.9 Å².